The second-order valence-electron chi connectivity index (χ2n) is 5.45. The number of likely N-dealkylation sites (tertiary alicyclic amines) is 1. The van der Waals surface area contributed by atoms with Gasteiger partial charge in [0.15, 0.2) is 17.2 Å². The number of nitrogens with zero attached hydrogens (tertiary/aromatic N) is 4. The van der Waals surface area contributed by atoms with E-state index in [1.807, 2.05) is 0 Å². The number of carboxylic acids is 1. The van der Waals surface area contributed by atoms with Crippen LogP contribution in [0.15, 0.2) is 18.2 Å². The Balaban J connectivity index is 2.05. The summed E-state index contributed by atoms with van der Waals surface area (Å²) in [4.78, 5) is 18.1. The van der Waals surface area contributed by atoms with Crippen molar-refractivity contribution in [3.05, 3.63) is 29.7 Å². The largest absolute Gasteiger partial charge is 0.477 e. The van der Waals surface area contributed by atoms with E-state index in [9.17, 15) is 9.90 Å². The normalized spacial score (nSPS) is 20.1. The highest BCUT2D eigenvalue weighted by Crippen LogP contribution is 2.31. The average Bonchev–Trinajstić information content (AvgIpc) is 3.03. The third-order valence-electron chi connectivity index (χ3n) is 3.85. The fourth-order valence-electron chi connectivity index (χ4n) is 2.91. The third kappa shape index (κ3) is 2.06. The second kappa shape index (κ2) is 4.86. The van der Waals surface area contributed by atoms with Crippen LogP contribution < -0.4 is 0 Å². The molecule has 1 fully saturated rings. The number of hydrogen-bond acceptors (Lipinski definition) is 4. The molecule has 0 aromatic carbocycles. The molecule has 0 saturated carbocycles. The highest BCUT2D eigenvalue weighted by atomic mass is 16.4. The maximum absolute atomic E-state index is 11.2. The molecule has 0 bridgehead atoms. The molecule has 1 N–H and O–H groups in total. The van der Waals surface area contributed by atoms with Crippen LogP contribution in [0.1, 0.15) is 49.0 Å². The number of rotatable bonds is 3. The lowest BCUT2D eigenvalue weighted by atomic mass is 10.2. The summed E-state index contributed by atoms with van der Waals surface area (Å²) in [6.07, 6.45) is 2.15. The fourth-order valence-corrected chi connectivity index (χ4v) is 2.91. The van der Waals surface area contributed by atoms with E-state index in [2.05, 4.69) is 28.8 Å². The van der Waals surface area contributed by atoms with Crippen molar-refractivity contribution in [3.8, 4) is 0 Å². The Morgan fingerprint density at radius 1 is 1.45 bits per heavy atom. The molecule has 0 amide bonds. The molecule has 2 aromatic heterocycles. The van der Waals surface area contributed by atoms with Crippen LogP contribution in [-0.4, -0.2) is 43.2 Å². The van der Waals surface area contributed by atoms with Gasteiger partial charge in [-0.05, 0) is 45.4 Å². The highest BCUT2D eigenvalue weighted by Gasteiger charge is 2.31. The molecule has 0 aliphatic carbocycles. The quantitative estimate of drug-likeness (QED) is 0.926. The number of carboxylic acid groups (broad SMARTS) is 1. The van der Waals surface area contributed by atoms with Crippen LogP contribution in [0.5, 0.6) is 0 Å². The first-order chi connectivity index (χ1) is 9.58. The summed E-state index contributed by atoms with van der Waals surface area (Å²) in [7, 11) is 0. The fraction of sp³-hybridized carbons (Fsp3) is 0.500. The number of hydrogen-bond donors (Lipinski definition) is 1. The zero-order valence-electron chi connectivity index (χ0n) is 11.7. The van der Waals surface area contributed by atoms with Gasteiger partial charge >= 0.3 is 5.97 Å². The molecule has 20 heavy (non-hydrogen) atoms. The summed E-state index contributed by atoms with van der Waals surface area (Å²) in [6, 6.07) is 5.66. The predicted molar refractivity (Wildman–Crippen MR) is 73.8 cm³/mol. The van der Waals surface area contributed by atoms with Crippen LogP contribution in [0.4, 0.5) is 0 Å². The van der Waals surface area contributed by atoms with Crippen LogP contribution >= 0.6 is 0 Å². The minimum atomic E-state index is -0.987. The minimum absolute atomic E-state index is 0.148. The Kier molecular flexibility index (Phi) is 3.17. The molecule has 106 valence electrons. The Hall–Kier alpha value is -1.95. The Bertz CT molecular complexity index is 650. The van der Waals surface area contributed by atoms with Gasteiger partial charge in [-0.3, -0.25) is 4.90 Å². The molecular weight excluding hydrogens is 256 g/mol. The molecule has 3 heterocycles. The van der Waals surface area contributed by atoms with Crippen molar-refractivity contribution in [1.29, 1.82) is 0 Å². The molecule has 2 aromatic rings. The number of aromatic nitrogens is 3. The summed E-state index contributed by atoms with van der Waals surface area (Å²) in [5, 5.41) is 13.6. The number of pyridine rings is 1. The Morgan fingerprint density at radius 3 is 2.95 bits per heavy atom. The molecule has 1 aliphatic heterocycles. The molecule has 0 radical (unpaired) electrons. The molecule has 6 heteroatoms. The van der Waals surface area contributed by atoms with E-state index in [4.69, 9.17) is 0 Å². The van der Waals surface area contributed by atoms with Gasteiger partial charge in [-0.25, -0.2) is 14.3 Å². The van der Waals surface area contributed by atoms with Gasteiger partial charge < -0.3 is 5.11 Å². The lowest BCUT2D eigenvalue weighted by Crippen LogP contribution is -2.30. The van der Waals surface area contributed by atoms with E-state index in [-0.39, 0.29) is 11.7 Å². The smallest absolute Gasteiger partial charge is 0.354 e. The molecule has 6 nitrogen and oxygen atoms in total. The zero-order valence-corrected chi connectivity index (χ0v) is 11.7. The predicted octanol–water partition coefficient (Wildman–Crippen LogP) is 1.97. The summed E-state index contributed by atoms with van der Waals surface area (Å²) < 4.78 is 1.43. The van der Waals surface area contributed by atoms with Crippen molar-refractivity contribution in [1.82, 2.24) is 19.5 Å². The van der Waals surface area contributed by atoms with E-state index in [0.29, 0.717) is 11.7 Å². The maximum Gasteiger partial charge on any atom is 0.354 e. The van der Waals surface area contributed by atoms with E-state index in [1.165, 1.54) is 4.52 Å². The van der Waals surface area contributed by atoms with E-state index < -0.39 is 5.97 Å². The molecule has 0 spiro atoms. The summed E-state index contributed by atoms with van der Waals surface area (Å²) >= 11 is 0. The third-order valence-corrected chi connectivity index (χ3v) is 3.85. The first-order valence-corrected chi connectivity index (χ1v) is 6.92. The van der Waals surface area contributed by atoms with Crippen LogP contribution in [0.2, 0.25) is 0 Å². The topological polar surface area (TPSA) is 70.7 Å². The van der Waals surface area contributed by atoms with Gasteiger partial charge in [0, 0.05) is 6.04 Å². The minimum Gasteiger partial charge on any atom is -0.477 e. The first kappa shape index (κ1) is 13.1. The van der Waals surface area contributed by atoms with Gasteiger partial charge in [0.05, 0.1) is 6.04 Å². The molecule has 1 atom stereocenters. The van der Waals surface area contributed by atoms with Crippen LogP contribution in [0.3, 0.4) is 0 Å². The van der Waals surface area contributed by atoms with E-state index in [0.717, 1.165) is 25.2 Å². The Labute approximate surface area is 117 Å². The maximum atomic E-state index is 11.2. The van der Waals surface area contributed by atoms with Crippen molar-refractivity contribution >= 4 is 11.6 Å². The number of carbonyl (C=O) groups is 1. The van der Waals surface area contributed by atoms with Crippen molar-refractivity contribution in [2.45, 2.75) is 38.8 Å². The first-order valence-electron chi connectivity index (χ1n) is 6.92. The van der Waals surface area contributed by atoms with Crippen molar-refractivity contribution in [2.24, 2.45) is 0 Å². The second-order valence-corrected chi connectivity index (χ2v) is 5.45. The average molecular weight is 274 g/mol. The monoisotopic (exact) mass is 274 g/mol. The van der Waals surface area contributed by atoms with Crippen LogP contribution in [0.25, 0.3) is 5.65 Å². The van der Waals surface area contributed by atoms with E-state index >= 15 is 0 Å². The molecule has 3 rings (SSSR count). The highest BCUT2D eigenvalue weighted by molar-refractivity contribution is 5.86. The van der Waals surface area contributed by atoms with Gasteiger partial charge in [0.1, 0.15) is 0 Å². The van der Waals surface area contributed by atoms with Crippen LogP contribution in [0, 0.1) is 0 Å². The summed E-state index contributed by atoms with van der Waals surface area (Å²) in [6.45, 7) is 5.37. The van der Waals surface area contributed by atoms with Gasteiger partial charge in [0.25, 0.3) is 0 Å². The van der Waals surface area contributed by atoms with E-state index in [1.54, 1.807) is 18.2 Å². The molecule has 1 saturated heterocycles. The standard InChI is InChI=1S/C14H18N4O2/c1-9(2)17-8-4-6-10(17)13-15-12-7-3-5-11(14(19)20)18(12)16-13/h3,5,7,9-10H,4,6,8H2,1-2H3,(H,19,20). The lowest BCUT2D eigenvalue weighted by molar-refractivity contribution is 0.0687. The summed E-state index contributed by atoms with van der Waals surface area (Å²) in [5.74, 6) is -0.260. The molecule has 1 unspecified atom stereocenters. The molecular formula is C14H18N4O2. The Morgan fingerprint density at radius 2 is 2.25 bits per heavy atom. The number of aromatic carboxylic acids is 1. The SMILES string of the molecule is CC(C)N1CCCC1c1nc2cccc(C(=O)O)n2n1. The van der Waals surface area contributed by atoms with Gasteiger partial charge in [-0.15, -0.1) is 5.10 Å². The lowest BCUT2D eigenvalue weighted by Gasteiger charge is -2.26. The van der Waals surface area contributed by atoms with Crippen molar-refractivity contribution in [3.63, 3.8) is 0 Å². The van der Waals surface area contributed by atoms with Gasteiger partial charge in [-0.2, -0.15) is 0 Å². The van der Waals surface area contributed by atoms with Crippen LogP contribution in [-0.2, 0) is 0 Å². The van der Waals surface area contributed by atoms with Crippen molar-refractivity contribution < 1.29 is 9.90 Å². The van der Waals surface area contributed by atoms with Gasteiger partial charge in [-0.1, -0.05) is 6.07 Å². The number of fused-ring (bicyclic) bond motifs is 1. The zero-order chi connectivity index (χ0) is 14.3. The van der Waals surface area contributed by atoms with Crippen molar-refractivity contribution in [2.75, 3.05) is 6.54 Å². The molecule has 1 aliphatic rings. The summed E-state index contributed by atoms with van der Waals surface area (Å²) in [5.41, 5.74) is 0.742. The van der Waals surface area contributed by atoms with Gasteiger partial charge in [0.2, 0.25) is 0 Å².